The summed E-state index contributed by atoms with van der Waals surface area (Å²) in [6.45, 7) is 13.4. The molecule has 0 N–H and O–H groups in total. The SMILES string of the molecule is COc1ccc(S(=O)(=O)N(CC(C)C)C[C@@H]2OC(C)(C)N(C(=O)OC(C)(C)C)[C@H]2Cc2cccc(-c3ccccc3OC)c2)cc1. The van der Waals surface area contributed by atoms with E-state index in [2.05, 4.69) is 6.07 Å². The number of methoxy groups -OCH3 is 2. The first kappa shape index (κ1) is 35.3. The highest BCUT2D eigenvalue weighted by Crippen LogP contribution is 2.38. The molecule has 0 aliphatic carbocycles. The molecule has 1 saturated heterocycles. The molecule has 3 aromatic rings. The lowest BCUT2D eigenvalue weighted by Gasteiger charge is -2.35. The van der Waals surface area contributed by atoms with Gasteiger partial charge in [0.2, 0.25) is 10.0 Å². The Hall–Kier alpha value is -3.60. The highest BCUT2D eigenvalue weighted by atomic mass is 32.2. The van der Waals surface area contributed by atoms with E-state index < -0.39 is 39.6 Å². The number of carbonyl (C=O) groups is 1. The number of nitrogens with zero attached hydrogens (tertiary/aromatic N) is 2. The fourth-order valence-corrected chi connectivity index (χ4v) is 7.50. The van der Waals surface area contributed by atoms with E-state index in [-0.39, 0.29) is 23.9 Å². The average molecular weight is 653 g/mol. The maximum absolute atomic E-state index is 14.1. The molecule has 0 bridgehead atoms. The number of amides is 1. The summed E-state index contributed by atoms with van der Waals surface area (Å²) in [4.78, 5) is 15.6. The van der Waals surface area contributed by atoms with E-state index in [0.717, 1.165) is 22.4 Å². The van der Waals surface area contributed by atoms with Gasteiger partial charge in [-0.25, -0.2) is 13.2 Å². The van der Waals surface area contributed by atoms with Crippen LogP contribution >= 0.6 is 0 Å². The molecule has 0 aromatic heterocycles. The van der Waals surface area contributed by atoms with Gasteiger partial charge in [-0.15, -0.1) is 0 Å². The van der Waals surface area contributed by atoms with Crippen LogP contribution in [0.1, 0.15) is 54.0 Å². The van der Waals surface area contributed by atoms with E-state index in [4.69, 9.17) is 18.9 Å². The van der Waals surface area contributed by atoms with Crippen LogP contribution in [0, 0.1) is 5.92 Å². The maximum Gasteiger partial charge on any atom is 0.412 e. The first-order valence-electron chi connectivity index (χ1n) is 15.6. The van der Waals surface area contributed by atoms with Crippen molar-refractivity contribution in [3.63, 3.8) is 0 Å². The molecule has 0 radical (unpaired) electrons. The predicted octanol–water partition coefficient (Wildman–Crippen LogP) is 7.00. The number of ether oxygens (including phenoxy) is 4. The summed E-state index contributed by atoms with van der Waals surface area (Å²) >= 11 is 0. The van der Waals surface area contributed by atoms with Gasteiger partial charge in [0.25, 0.3) is 0 Å². The van der Waals surface area contributed by atoms with Crippen molar-refractivity contribution in [3.05, 3.63) is 78.4 Å². The van der Waals surface area contributed by atoms with E-state index in [0.29, 0.717) is 12.2 Å². The van der Waals surface area contributed by atoms with E-state index >= 15 is 0 Å². The van der Waals surface area contributed by atoms with Crippen molar-refractivity contribution < 1.29 is 32.2 Å². The number of hydrogen-bond acceptors (Lipinski definition) is 7. The van der Waals surface area contributed by atoms with Crippen molar-refractivity contribution in [1.29, 1.82) is 0 Å². The van der Waals surface area contributed by atoms with Crippen LogP contribution in [0.3, 0.4) is 0 Å². The molecule has 0 spiro atoms. The molecule has 10 heteroatoms. The number of benzene rings is 3. The lowest BCUT2D eigenvalue weighted by molar-refractivity contribution is -0.0806. The van der Waals surface area contributed by atoms with Crippen LogP contribution in [0.2, 0.25) is 0 Å². The quantitative estimate of drug-likeness (QED) is 0.220. The number of sulfonamides is 1. The van der Waals surface area contributed by atoms with Crippen LogP contribution in [-0.2, 0) is 25.9 Å². The van der Waals surface area contributed by atoms with Gasteiger partial charge in [-0.1, -0.05) is 56.3 Å². The molecule has 2 atom stereocenters. The van der Waals surface area contributed by atoms with Crippen LogP contribution < -0.4 is 9.47 Å². The van der Waals surface area contributed by atoms with Crippen molar-refractivity contribution in [2.75, 3.05) is 27.3 Å². The molecule has 4 rings (SSSR count). The predicted molar refractivity (Wildman–Crippen MR) is 180 cm³/mol. The average Bonchev–Trinajstić information content (AvgIpc) is 3.24. The Morgan fingerprint density at radius 1 is 0.978 bits per heavy atom. The second-order valence-corrected chi connectivity index (χ2v) is 15.5. The van der Waals surface area contributed by atoms with Gasteiger partial charge < -0.3 is 18.9 Å². The third kappa shape index (κ3) is 8.21. The zero-order chi connectivity index (χ0) is 33.9. The molecular weight excluding hydrogens is 604 g/mol. The molecule has 3 aromatic carbocycles. The van der Waals surface area contributed by atoms with Crippen molar-refractivity contribution in [3.8, 4) is 22.6 Å². The van der Waals surface area contributed by atoms with E-state index in [1.54, 1.807) is 36.3 Å². The van der Waals surface area contributed by atoms with Gasteiger partial charge in [0, 0.05) is 18.7 Å². The maximum atomic E-state index is 14.1. The van der Waals surface area contributed by atoms with Crippen molar-refractivity contribution in [2.24, 2.45) is 5.92 Å². The highest BCUT2D eigenvalue weighted by molar-refractivity contribution is 7.89. The van der Waals surface area contributed by atoms with Crippen LogP contribution in [0.25, 0.3) is 11.1 Å². The van der Waals surface area contributed by atoms with Gasteiger partial charge in [0.1, 0.15) is 22.8 Å². The molecule has 1 fully saturated rings. The molecule has 46 heavy (non-hydrogen) atoms. The summed E-state index contributed by atoms with van der Waals surface area (Å²) in [6, 6.07) is 21.7. The Kier molecular flexibility index (Phi) is 10.8. The van der Waals surface area contributed by atoms with E-state index in [1.807, 2.05) is 90.9 Å². The molecule has 1 aliphatic rings. The second-order valence-electron chi connectivity index (χ2n) is 13.5. The largest absolute Gasteiger partial charge is 0.497 e. The second kappa shape index (κ2) is 14.0. The van der Waals surface area contributed by atoms with Crippen LogP contribution in [-0.4, -0.2) is 74.5 Å². The molecule has 0 saturated carbocycles. The normalized spacial score (nSPS) is 18.2. The van der Waals surface area contributed by atoms with Gasteiger partial charge in [-0.3, -0.25) is 4.90 Å². The number of rotatable bonds is 11. The van der Waals surface area contributed by atoms with Gasteiger partial charge in [0.05, 0.1) is 31.3 Å². The Labute approximate surface area is 274 Å². The molecule has 0 unspecified atom stereocenters. The summed E-state index contributed by atoms with van der Waals surface area (Å²) < 4.78 is 52.9. The van der Waals surface area contributed by atoms with Gasteiger partial charge >= 0.3 is 6.09 Å². The fraction of sp³-hybridized carbons (Fsp3) is 0.472. The minimum atomic E-state index is -3.91. The minimum absolute atomic E-state index is 0.0420. The standard InChI is InChI=1S/C36H48N2O7S/c1-25(2)23-37(46(40,41)29-19-17-28(42-8)18-20-29)24-33-31(38(36(6,7)44-33)34(39)45-35(3,4)5)22-26-13-12-14-27(21-26)30-15-10-11-16-32(30)43-9/h10-21,25,31,33H,22-24H2,1-9H3/t31-,33-/m0/s1. The van der Waals surface area contributed by atoms with E-state index in [1.165, 1.54) is 11.4 Å². The van der Waals surface area contributed by atoms with Crippen LogP contribution in [0.5, 0.6) is 11.5 Å². The lowest BCUT2D eigenvalue weighted by atomic mass is 9.96. The minimum Gasteiger partial charge on any atom is -0.497 e. The molecular formula is C36H48N2O7S. The van der Waals surface area contributed by atoms with Gasteiger partial charge in [-0.2, -0.15) is 4.31 Å². The first-order chi connectivity index (χ1) is 21.6. The summed E-state index contributed by atoms with van der Waals surface area (Å²) in [6.07, 6.45) is -0.752. The van der Waals surface area contributed by atoms with Crippen molar-refractivity contribution >= 4 is 16.1 Å². The van der Waals surface area contributed by atoms with Gasteiger partial charge in [0.15, 0.2) is 0 Å². The summed E-state index contributed by atoms with van der Waals surface area (Å²) in [5.41, 5.74) is 1.08. The van der Waals surface area contributed by atoms with Crippen LogP contribution in [0.15, 0.2) is 77.7 Å². The smallest absolute Gasteiger partial charge is 0.412 e. The molecule has 9 nitrogen and oxygen atoms in total. The Balaban J connectivity index is 1.75. The topological polar surface area (TPSA) is 94.6 Å². The Morgan fingerprint density at radius 3 is 2.26 bits per heavy atom. The van der Waals surface area contributed by atoms with E-state index in [9.17, 15) is 13.2 Å². The van der Waals surface area contributed by atoms with Gasteiger partial charge in [-0.05, 0) is 88.4 Å². The van der Waals surface area contributed by atoms with Crippen molar-refractivity contribution in [2.45, 2.75) is 83.3 Å². The lowest BCUT2D eigenvalue weighted by Crippen LogP contribution is -2.52. The number of hydrogen-bond donors (Lipinski definition) is 0. The monoisotopic (exact) mass is 652 g/mol. The Morgan fingerprint density at radius 2 is 1.65 bits per heavy atom. The first-order valence-corrected chi connectivity index (χ1v) is 17.1. The fourth-order valence-electron chi connectivity index (χ4n) is 5.89. The Bertz CT molecular complexity index is 1600. The zero-order valence-electron chi connectivity index (χ0n) is 28.4. The molecule has 1 heterocycles. The summed E-state index contributed by atoms with van der Waals surface area (Å²) in [5.74, 6) is 1.37. The third-order valence-electron chi connectivity index (χ3n) is 7.81. The number of carbonyl (C=O) groups excluding carboxylic acids is 1. The molecule has 250 valence electrons. The number of para-hydroxylation sites is 1. The van der Waals surface area contributed by atoms with Crippen molar-refractivity contribution in [1.82, 2.24) is 9.21 Å². The molecule has 1 aliphatic heterocycles. The summed E-state index contributed by atoms with van der Waals surface area (Å²) in [5, 5.41) is 0. The third-order valence-corrected chi connectivity index (χ3v) is 9.66. The summed E-state index contributed by atoms with van der Waals surface area (Å²) in [7, 11) is -0.726. The molecule has 1 amide bonds. The zero-order valence-corrected chi connectivity index (χ0v) is 29.3. The van der Waals surface area contributed by atoms with Crippen LogP contribution in [0.4, 0.5) is 4.79 Å². The highest BCUT2D eigenvalue weighted by Gasteiger charge is 2.52.